The van der Waals surface area contributed by atoms with E-state index in [1.807, 2.05) is 6.20 Å². The third kappa shape index (κ3) is 2.88. The van der Waals surface area contributed by atoms with Gasteiger partial charge in [0.15, 0.2) is 6.20 Å². The lowest BCUT2D eigenvalue weighted by molar-refractivity contribution is -0.660. The van der Waals surface area contributed by atoms with Crippen LogP contribution in [0.2, 0.25) is 0 Å². The highest BCUT2D eigenvalue weighted by molar-refractivity contribution is 5.73. The van der Waals surface area contributed by atoms with Crippen LogP contribution in [-0.4, -0.2) is 9.55 Å². The second-order valence-electron chi connectivity index (χ2n) is 8.83. The SMILES string of the molecule is Cc1c[n+](C)c(-c2c(C)ccc3c2Cc2nccn2-3)cc1CC1CCCCC1. The summed E-state index contributed by atoms with van der Waals surface area (Å²) >= 11 is 0. The highest BCUT2D eigenvalue weighted by Gasteiger charge is 2.27. The summed E-state index contributed by atoms with van der Waals surface area (Å²) in [7, 11) is 2.19. The number of aromatic nitrogens is 3. The molecule has 0 radical (unpaired) electrons. The number of rotatable bonds is 3. The Hall–Kier alpha value is -2.42. The minimum atomic E-state index is 0.862. The zero-order valence-corrected chi connectivity index (χ0v) is 17.3. The van der Waals surface area contributed by atoms with Crippen LogP contribution in [0.25, 0.3) is 16.9 Å². The Morgan fingerprint density at radius 2 is 1.93 bits per heavy atom. The Morgan fingerprint density at radius 1 is 1.11 bits per heavy atom. The van der Waals surface area contributed by atoms with Crippen LogP contribution in [0, 0.1) is 19.8 Å². The Kier molecular flexibility index (Phi) is 4.34. The summed E-state index contributed by atoms with van der Waals surface area (Å²) in [4.78, 5) is 4.56. The van der Waals surface area contributed by atoms with E-state index < -0.39 is 0 Å². The van der Waals surface area contributed by atoms with Crippen molar-refractivity contribution >= 4 is 0 Å². The lowest BCUT2D eigenvalue weighted by Crippen LogP contribution is -2.32. The van der Waals surface area contributed by atoms with Crippen molar-refractivity contribution in [3.8, 4) is 16.9 Å². The van der Waals surface area contributed by atoms with Crippen LogP contribution in [0.3, 0.4) is 0 Å². The summed E-state index contributed by atoms with van der Waals surface area (Å²) in [5, 5.41) is 0. The molecule has 3 heterocycles. The van der Waals surface area contributed by atoms with Gasteiger partial charge in [-0.1, -0.05) is 38.2 Å². The van der Waals surface area contributed by atoms with Gasteiger partial charge in [0.1, 0.15) is 12.9 Å². The number of imidazole rings is 1. The summed E-state index contributed by atoms with van der Waals surface area (Å²) in [6, 6.07) is 7.00. The maximum Gasteiger partial charge on any atom is 0.213 e. The first-order valence-electron chi connectivity index (χ1n) is 10.8. The van der Waals surface area contributed by atoms with Crippen LogP contribution < -0.4 is 4.57 Å². The average Bonchev–Trinajstić information content (AvgIpc) is 3.27. The molecule has 0 unspecified atom stereocenters. The third-order valence-corrected chi connectivity index (χ3v) is 6.88. The fourth-order valence-electron chi connectivity index (χ4n) is 5.35. The average molecular weight is 373 g/mol. The molecule has 1 aliphatic heterocycles. The van der Waals surface area contributed by atoms with Crippen molar-refractivity contribution in [1.82, 2.24) is 9.55 Å². The molecule has 0 spiro atoms. The van der Waals surface area contributed by atoms with Gasteiger partial charge in [0.25, 0.3) is 0 Å². The summed E-state index contributed by atoms with van der Waals surface area (Å²) in [5.74, 6) is 2.01. The molecular formula is C25H30N3+. The molecular weight excluding hydrogens is 342 g/mol. The van der Waals surface area contributed by atoms with Crippen LogP contribution in [0.1, 0.15) is 60.2 Å². The smallest absolute Gasteiger partial charge is 0.213 e. The molecule has 1 saturated carbocycles. The van der Waals surface area contributed by atoms with Gasteiger partial charge in [-0.3, -0.25) is 0 Å². The molecule has 3 nitrogen and oxygen atoms in total. The maximum absolute atomic E-state index is 4.56. The van der Waals surface area contributed by atoms with E-state index in [-0.39, 0.29) is 0 Å². The van der Waals surface area contributed by atoms with Gasteiger partial charge in [-0.15, -0.1) is 0 Å². The van der Waals surface area contributed by atoms with Crippen molar-refractivity contribution in [2.24, 2.45) is 13.0 Å². The minimum absolute atomic E-state index is 0.862. The molecule has 0 bridgehead atoms. The van der Waals surface area contributed by atoms with Gasteiger partial charge in [0, 0.05) is 30.4 Å². The largest absolute Gasteiger partial charge is 0.303 e. The Bertz CT molecular complexity index is 1040. The number of hydrogen-bond donors (Lipinski definition) is 0. The molecule has 2 aliphatic rings. The predicted octanol–water partition coefficient (Wildman–Crippen LogP) is 5.01. The zero-order chi connectivity index (χ0) is 19.3. The van der Waals surface area contributed by atoms with Gasteiger partial charge < -0.3 is 4.57 Å². The van der Waals surface area contributed by atoms with Crippen molar-refractivity contribution < 1.29 is 4.57 Å². The van der Waals surface area contributed by atoms with E-state index in [9.17, 15) is 0 Å². The first-order chi connectivity index (χ1) is 13.6. The number of nitrogens with zero attached hydrogens (tertiary/aromatic N) is 3. The van der Waals surface area contributed by atoms with E-state index in [1.165, 1.54) is 77.7 Å². The lowest BCUT2D eigenvalue weighted by atomic mass is 9.83. The van der Waals surface area contributed by atoms with Crippen LogP contribution in [-0.2, 0) is 19.9 Å². The Balaban J connectivity index is 1.60. The summed E-state index contributed by atoms with van der Waals surface area (Å²) < 4.78 is 4.57. The number of pyridine rings is 1. The third-order valence-electron chi connectivity index (χ3n) is 6.88. The summed E-state index contributed by atoms with van der Waals surface area (Å²) in [5.41, 5.74) is 9.77. The molecule has 0 amide bonds. The normalized spacial score (nSPS) is 16.2. The zero-order valence-electron chi connectivity index (χ0n) is 17.3. The summed E-state index contributed by atoms with van der Waals surface area (Å²) in [6.07, 6.45) is 15.5. The van der Waals surface area contributed by atoms with Gasteiger partial charge in [0.2, 0.25) is 5.69 Å². The van der Waals surface area contributed by atoms with Crippen molar-refractivity contribution in [3.63, 3.8) is 0 Å². The predicted molar refractivity (Wildman–Crippen MR) is 113 cm³/mol. The standard InChI is InChI=1S/C25H30N3/c1-17-9-10-22-21(15-24-26-11-12-28(22)24)25(17)23-14-20(18(2)16-27(23)3)13-19-7-5-4-6-8-19/h9-12,14,16,19H,4-8,13,15H2,1-3H3/q+1. The monoisotopic (exact) mass is 372 g/mol. The van der Waals surface area contributed by atoms with Crippen LogP contribution in [0.15, 0.2) is 36.8 Å². The second kappa shape index (κ2) is 6.88. The maximum atomic E-state index is 4.56. The summed E-state index contributed by atoms with van der Waals surface area (Å²) in [6.45, 7) is 4.53. The second-order valence-corrected chi connectivity index (χ2v) is 8.83. The van der Waals surface area contributed by atoms with Gasteiger partial charge in [-0.05, 0) is 48.9 Å². The number of benzene rings is 1. The van der Waals surface area contributed by atoms with E-state index in [0.717, 1.165) is 18.2 Å². The van der Waals surface area contributed by atoms with Crippen LogP contribution >= 0.6 is 0 Å². The molecule has 1 aliphatic carbocycles. The Labute approximate surface area is 168 Å². The highest BCUT2D eigenvalue weighted by Crippen LogP contribution is 2.37. The van der Waals surface area contributed by atoms with Gasteiger partial charge >= 0.3 is 0 Å². The van der Waals surface area contributed by atoms with Crippen molar-refractivity contribution in [3.05, 3.63) is 64.9 Å². The van der Waals surface area contributed by atoms with E-state index >= 15 is 0 Å². The highest BCUT2D eigenvalue weighted by atomic mass is 15.1. The molecule has 28 heavy (non-hydrogen) atoms. The molecule has 0 atom stereocenters. The molecule has 0 saturated heterocycles. The first kappa shape index (κ1) is 17.7. The number of fused-ring (bicyclic) bond motifs is 3. The van der Waals surface area contributed by atoms with Gasteiger partial charge in [-0.25, -0.2) is 9.55 Å². The fourth-order valence-corrected chi connectivity index (χ4v) is 5.35. The molecule has 3 heteroatoms. The molecule has 3 aromatic rings. The number of aryl methyl sites for hydroxylation is 3. The molecule has 1 aromatic carbocycles. The minimum Gasteiger partial charge on any atom is -0.303 e. The first-order valence-corrected chi connectivity index (χ1v) is 10.8. The van der Waals surface area contributed by atoms with Crippen molar-refractivity contribution in [1.29, 1.82) is 0 Å². The van der Waals surface area contributed by atoms with Crippen LogP contribution in [0.4, 0.5) is 0 Å². The van der Waals surface area contributed by atoms with E-state index in [0.29, 0.717) is 0 Å². The van der Waals surface area contributed by atoms with E-state index in [2.05, 4.69) is 65.6 Å². The molecule has 0 N–H and O–H groups in total. The lowest BCUT2D eigenvalue weighted by Gasteiger charge is -2.22. The molecule has 1 fully saturated rings. The Morgan fingerprint density at radius 3 is 2.75 bits per heavy atom. The topological polar surface area (TPSA) is 21.7 Å². The molecule has 2 aromatic heterocycles. The number of hydrogen-bond acceptors (Lipinski definition) is 1. The van der Waals surface area contributed by atoms with E-state index in [1.54, 1.807) is 0 Å². The molecule has 5 rings (SSSR count). The van der Waals surface area contributed by atoms with Gasteiger partial charge in [-0.2, -0.15) is 0 Å². The van der Waals surface area contributed by atoms with Crippen molar-refractivity contribution in [2.75, 3.05) is 0 Å². The van der Waals surface area contributed by atoms with Gasteiger partial charge in [0.05, 0.1) is 11.3 Å². The van der Waals surface area contributed by atoms with Crippen LogP contribution in [0.5, 0.6) is 0 Å². The fraction of sp³-hybridized carbons (Fsp3) is 0.440. The quantitative estimate of drug-likeness (QED) is 0.463. The van der Waals surface area contributed by atoms with E-state index in [4.69, 9.17) is 0 Å². The molecule has 144 valence electrons. The van der Waals surface area contributed by atoms with Crippen molar-refractivity contribution in [2.45, 2.75) is 58.8 Å².